The van der Waals surface area contributed by atoms with Gasteiger partial charge >= 0.3 is 0 Å². The number of aromatic nitrogens is 2. The molecule has 5 nitrogen and oxygen atoms in total. The maximum Gasteiger partial charge on any atom is 0.167 e. The molecule has 0 fully saturated rings. The first-order valence-corrected chi connectivity index (χ1v) is 6.42. The number of nitrogens with zero attached hydrogens (tertiary/aromatic N) is 2. The number of anilines is 1. The summed E-state index contributed by atoms with van der Waals surface area (Å²) in [5, 5.41) is 13.2. The Balaban J connectivity index is 2.48. The summed E-state index contributed by atoms with van der Waals surface area (Å²) >= 11 is 0. The van der Waals surface area contributed by atoms with Crippen molar-refractivity contribution in [3.8, 4) is 5.75 Å². The van der Waals surface area contributed by atoms with Crippen LogP contribution in [0.5, 0.6) is 5.75 Å². The van der Waals surface area contributed by atoms with Crippen molar-refractivity contribution in [2.75, 3.05) is 19.0 Å². The molecule has 108 valence electrons. The van der Waals surface area contributed by atoms with Crippen molar-refractivity contribution >= 4 is 16.7 Å². The van der Waals surface area contributed by atoms with Crippen molar-refractivity contribution < 1.29 is 14.2 Å². The summed E-state index contributed by atoms with van der Waals surface area (Å²) < 4.78 is 18.6. The molecule has 0 radical (unpaired) electrons. The van der Waals surface area contributed by atoms with Crippen LogP contribution in [-0.4, -0.2) is 34.8 Å². The van der Waals surface area contributed by atoms with Crippen LogP contribution in [0.4, 0.5) is 10.2 Å². The van der Waals surface area contributed by atoms with Crippen LogP contribution in [0.25, 0.3) is 10.9 Å². The van der Waals surface area contributed by atoms with Gasteiger partial charge in [-0.2, -0.15) is 0 Å². The number of ether oxygens (including phenoxy) is 1. The maximum atomic E-state index is 13.7. The molecule has 20 heavy (non-hydrogen) atoms. The van der Waals surface area contributed by atoms with Crippen LogP contribution in [0.1, 0.15) is 13.8 Å². The zero-order valence-electron chi connectivity index (χ0n) is 11.7. The molecule has 0 aliphatic heterocycles. The number of nitrogens with one attached hydrogen (secondary N) is 1. The van der Waals surface area contributed by atoms with Crippen LogP contribution in [0.15, 0.2) is 18.5 Å². The van der Waals surface area contributed by atoms with E-state index in [0.717, 1.165) is 0 Å². The zero-order valence-corrected chi connectivity index (χ0v) is 11.7. The zero-order chi connectivity index (χ0) is 14.7. The Morgan fingerprint density at radius 3 is 2.70 bits per heavy atom. The fourth-order valence-electron chi connectivity index (χ4n) is 1.93. The van der Waals surface area contributed by atoms with Gasteiger partial charge in [0, 0.05) is 11.5 Å². The number of hydrogen-bond donors (Lipinski definition) is 2. The number of benzene rings is 1. The summed E-state index contributed by atoms with van der Waals surface area (Å²) in [4.78, 5) is 8.22. The van der Waals surface area contributed by atoms with E-state index in [-0.39, 0.29) is 24.3 Å². The lowest BCUT2D eigenvalue weighted by molar-refractivity contribution is 0.249. The fraction of sp³-hybridized carbons (Fsp3) is 0.429. The second-order valence-electron chi connectivity index (χ2n) is 4.90. The van der Waals surface area contributed by atoms with Crippen LogP contribution in [0.2, 0.25) is 0 Å². The highest BCUT2D eigenvalue weighted by Crippen LogP contribution is 2.27. The van der Waals surface area contributed by atoms with Crippen LogP contribution in [-0.2, 0) is 0 Å². The number of hydrogen-bond acceptors (Lipinski definition) is 5. The molecule has 0 saturated carbocycles. The third-order valence-electron chi connectivity index (χ3n) is 3.23. The van der Waals surface area contributed by atoms with Gasteiger partial charge in [-0.15, -0.1) is 0 Å². The van der Waals surface area contributed by atoms with Gasteiger partial charge in [0.15, 0.2) is 11.6 Å². The van der Waals surface area contributed by atoms with Gasteiger partial charge in [-0.1, -0.05) is 13.8 Å². The topological polar surface area (TPSA) is 67.3 Å². The lowest BCUT2D eigenvalue weighted by atomic mass is 10.1. The van der Waals surface area contributed by atoms with E-state index in [0.29, 0.717) is 16.7 Å². The van der Waals surface area contributed by atoms with Gasteiger partial charge in [0.25, 0.3) is 0 Å². The molecule has 2 rings (SSSR count). The van der Waals surface area contributed by atoms with Gasteiger partial charge < -0.3 is 15.2 Å². The van der Waals surface area contributed by atoms with E-state index in [1.807, 2.05) is 13.8 Å². The molecule has 0 aliphatic rings. The first-order chi connectivity index (χ1) is 9.56. The van der Waals surface area contributed by atoms with E-state index in [1.54, 1.807) is 6.07 Å². The predicted molar refractivity (Wildman–Crippen MR) is 75.4 cm³/mol. The SMILES string of the molecule is COc1cc2c(N[C@H](CO)C(C)C)ncnc2cc1F. The molecule has 1 aromatic carbocycles. The minimum Gasteiger partial charge on any atom is -0.494 e. The molecular formula is C14H18FN3O2. The van der Waals surface area contributed by atoms with Gasteiger partial charge in [-0.3, -0.25) is 0 Å². The first kappa shape index (κ1) is 14.5. The van der Waals surface area contributed by atoms with Gasteiger partial charge in [-0.25, -0.2) is 14.4 Å². The van der Waals surface area contributed by atoms with E-state index < -0.39 is 5.82 Å². The average Bonchev–Trinajstić information content (AvgIpc) is 2.43. The summed E-state index contributed by atoms with van der Waals surface area (Å²) in [6, 6.07) is 2.73. The van der Waals surface area contributed by atoms with Crippen molar-refractivity contribution in [1.29, 1.82) is 0 Å². The minimum absolute atomic E-state index is 0.0124. The van der Waals surface area contributed by atoms with E-state index in [2.05, 4.69) is 15.3 Å². The Bertz CT molecular complexity index is 604. The second kappa shape index (κ2) is 6.00. The van der Waals surface area contributed by atoms with Crippen molar-refractivity contribution in [3.05, 3.63) is 24.3 Å². The van der Waals surface area contributed by atoms with Crippen LogP contribution in [0.3, 0.4) is 0 Å². The largest absolute Gasteiger partial charge is 0.494 e. The summed E-state index contributed by atoms with van der Waals surface area (Å²) in [6.45, 7) is 3.98. The number of aliphatic hydroxyl groups is 1. The van der Waals surface area contributed by atoms with Crippen molar-refractivity contribution in [3.63, 3.8) is 0 Å². The standard InChI is InChI=1S/C14H18FN3O2/c1-8(2)12(6-19)18-14-9-4-13(20-3)10(15)5-11(9)16-7-17-14/h4-5,7-8,12,19H,6H2,1-3H3,(H,16,17,18)/t12-/m1/s1. The van der Waals surface area contributed by atoms with Crippen LogP contribution < -0.4 is 10.1 Å². The Morgan fingerprint density at radius 1 is 1.35 bits per heavy atom. The fourth-order valence-corrected chi connectivity index (χ4v) is 1.93. The Hall–Kier alpha value is -1.95. The third-order valence-corrected chi connectivity index (χ3v) is 3.23. The lowest BCUT2D eigenvalue weighted by Gasteiger charge is -2.21. The van der Waals surface area contributed by atoms with Gasteiger partial charge in [0.05, 0.1) is 25.3 Å². The first-order valence-electron chi connectivity index (χ1n) is 6.42. The number of rotatable bonds is 5. The average molecular weight is 279 g/mol. The third kappa shape index (κ3) is 2.80. The Labute approximate surface area is 116 Å². The number of fused-ring (bicyclic) bond motifs is 1. The normalized spacial score (nSPS) is 12.7. The van der Waals surface area contributed by atoms with E-state index in [4.69, 9.17) is 4.74 Å². The summed E-state index contributed by atoms with van der Waals surface area (Å²) in [5.74, 6) is 0.459. The lowest BCUT2D eigenvalue weighted by Crippen LogP contribution is -2.30. The molecule has 0 unspecified atom stereocenters. The number of methoxy groups -OCH3 is 1. The molecule has 1 atom stereocenters. The van der Waals surface area contributed by atoms with E-state index in [9.17, 15) is 9.50 Å². The van der Waals surface area contributed by atoms with Gasteiger partial charge in [0.1, 0.15) is 12.1 Å². The summed E-state index contributed by atoms with van der Waals surface area (Å²) in [5.41, 5.74) is 0.487. The molecule has 0 saturated heterocycles. The van der Waals surface area contributed by atoms with Crippen molar-refractivity contribution in [1.82, 2.24) is 9.97 Å². The molecular weight excluding hydrogens is 261 g/mol. The van der Waals surface area contributed by atoms with Crippen molar-refractivity contribution in [2.45, 2.75) is 19.9 Å². The Kier molecular flexibility index (Phi) is 4.34. The molecule has 0 bridgehead atoms. The smallest absolute Gasteiger partial charge is 0.167 e. The van der Waals surface area contributed by atoms with E-state index >= 15 is 0 Å². The van der Waals surface area contributed by atoms with Crippen LogP contribution in [0, 0.1) is 11.7 Å². The highest BCUT2D eigenvalue weighted by Gasteiger charge is 2.15. The molecule has 2 N–H and O–H groups in total. The summed E-state index contributed by atoms with van der Waals surface area (Å²) in [6.07, 6.45) is 1.37. The van der Waals surface area contributed by atoms with Crippen molar-refractivity contribution in [2.24, 2.45) is 5.92 Å². The molecule has 6 heteroatoms. The maximum absolute atomic E-state index is 13.7. The predicted octanol–water partition coefficient (Wildman–Crippen LogP) is 2.21. The van der Waals surface area contributed by atoms with Gasteiger partial charge in [0.2, 0.25) is 0 Å². The molecule has 1 heterocycles. The van der Waals surface area contributed by atoms with Crippen LogP contribution >= 0.6 is 0 Å². The second-order valence-corrected chi connectivity index (χ2v) is 4.90. The monoisotopic (exact) mass is 279 g/mol. The van der Waals surface area contributed by atoms with Gasteiger partial charge in [-0.05, 0) is 12.0 Å². The molecule has 0 aliphatic carbocycles. The molecule has 0 spiro atoms. The Morgan fingerprint density at radius 2 is 2.10 bits per heavy atom. The molecule has 0 amide bonds. The number of halogens is 1. The number of aliphatic hydroxyl groups excluding tert-OH is 1. The quantitative estimate of drug-likeness (QED) is 0.878. The van der Waals surface area contributed by atoms with E-state index in [1.165, 1.54) is 19.5 Å². The highest BCUT2D eigenvalue weighted by molar-refractivity contribution is 5.90. The minimum atomic E-state index is -0.466. The summed E-state index contributed by atoms with van der Waals surface area (Å²) in [7, 11) is 1.41. The molecule has 2 aromatic rings. The molecule has 1 aromatic heterocycles. The highest BCUT2D eigenvalue weighted by atomic mass is 19.1.